The van der Waals surface area contributed by atoms with Crippen LogP contribution in [0.15, 0.2) is 48.5 Å². The summed E-state index contributed by atoms with van der Waals surface area (Å²) in [7, 11) is 0. The number of nitrogens with two attached hydrogens (primary N) is 1. The first kappa shape index (κ1) is 12.4. The molecule has 0 amide bonds. The molecule has 1 aromatic heterocycles. The molecule has 0 saturated carbocycles. The summed E-state index contributed by atoms with van der Waals surface area (Å²) in [4.78, 5) is 16.8. The summed E-state index contributed by atoms with van der Waals surface area (Å²) >= 11 is 0. The third-order valence-corrected chi connectivity index (χ3v) is 3.38. The van der Waals surface area contributed by atoms with E-state index < -0.39 is 0 Å². The minimum atomic E-state index is 0.0521. The van der Waals surface area contributed by atoms with Gasteiger partial charge in [-0.25, -0.2) is 4.98 Å². The number of aryl methyl sites for hydroxylation is 1. The van der Waals surface area contributed by atoms with Crippen molar-refractivity contribution in [3.63, 3.8) is 0 Å². The molecule has 20 heavy (non-hydrogen) atoms. The number of rotatable bonds is 3. The van der Waals surface area contributed by atoms with Gasteiger partial charge in [-0.15, -0.1) is 0 Å². The van der Waals surface area contributed by atoms with Gasteiger partial charge in [0.2, 0.25) is 0 Å². The highest BCUT2D eigenvalue weighted by Gasteiger charge is 2.12. The number of ketones is 1. The SMILES string of the molecule is Cc1nc2ccccc2n1CC(=O)c1ccc(N)cc1. The number of benzene rings is 2. The summed E-state index contributed by atoms with van der Waals surface area (Å²) in [5.74, 6) is 0.895. The molecule has 0 spiro atoms. The van der Waals surface area contributed by atoms with E-state index in [1.54, 1.807) is 24.3 Å². The molecule has 2 N–H and O–H groups in total. The van der Waals surface area contributed by atoms with Crippen LogP contribution in [0.2, 0.25) is 0 Å². The second kappa shape index (κ2) is 4.81. The van der Waals surface area contributed by atoms with Gasteiger partial charge in [-0.1, -0.05) is 12.1 Å². The molecule has 0 unspecified atom stereocenters. The molecule has 0 atom stereocenters. The predicted octanol–water partition coefficient (Wildman–Crippen LogP) is 2.81. The maximum atomic E-state index is 12.3. The molecule has 0 aliphatic rings. The summed E-state index contributed by atoms with van der Waals surface area (Å²) < 4.78 is 1.94. The van der Waals surface area contributed by atoms with Crippen molar-refractivity contribution in [2.75, 3.05) is 5.73 Å². The first-order valence-electron chi connectivity index (χ1n) is 6.46. The molecule has 0 radical (unpaired) electrons. The van der Waals surface area contributed by atoms with Gasteiger partial charge in [-0.05, 0) is 43.3 Å². The molecule has 100 valence electrons. The smallest absolute Gasteiger partial charge is 0.182 e. The molecule has 4 heteroatoms. The Morgan fingerprint density at radius 1 is 1.15 bits per heavy atom. The maximum Gasteiger partial charge on any atom is 0.182 e. The topological polar surface area (TPSA) is 60.9 Å². The highest BCUT2D eigenvalue weighted by molar-refractivity contribution is 5.97. The van der Waals surface area contributed by atoms with Crippen LogP contribution in [0.5, 0.6) is 0 Å². The van der Waals surface area contributed by atoms with Gasteiger partial charge in [0.15, 0.2) is 5.78 Å². The largest absolute Gasteiger partial charge is 0.399 e. The van der Waals surface area contributed by atoms with E-state index in [-0.39, 0.29) is 12.3 Å². The Morgan fingerprint density at radius 3 is 2.60 bits per heavy atom. The van der Waals surface area contributed by atoms with E-state index >= 15 is 0 Å². The lowest BCUT2D eigenvalue weighted by Crippen LogP contribution is -2.11. The van der Waals surface area contributed by atoms with Crippen molar-refractivity contribution in [2.45, 2.75) is 13.5 Å². The minimum Gasteiger partial charge on any atom is -0.399 e. The average Bonchev–Trinajstić information content (AvgIpc) is 2.76. The molecule has 0 saturated heterocycles. The van der Waals surface area contributed by atoms with E-state index in [9.17, 15) is 4.79 Å². The fraction of sp³-hybridized carbons (Fsp3) is 0.125. The summed E-state index contributed by atoms with van der Waals surface area (Å²) in [6, 6.07) is 14.8. The fourth-order valence-electron chi connectivity index (χ4n) is 2.30. The molecule has 0 fully saturated rings. The Morgan fingerprint density at radius 2 is 1.85 bits per heavy atom. The number of imidazole rings is 1. The van der Waals surface area contributed by atoms with Crippen molar-refractivity contribution < 1.29 is 4.79 Å². The van der Waals surface area contributed by atoms with E-state index in [1.807, 2.05) is 35.8 Å². The van der Waals surface area contributed by atoms with Gasteiger partial charge in [-0.2, -0.15) is 0 Å². The zero-order valence-corrected chi connectivity index (χ0v) is 11.2. The van der Waals surface area contributed by atoms with Crippen LogP contribution in [0.3, 0.4) is 0 Å². The van der Waals surface area contributed by atoms with Crippen LogP contribution in [-0.4, -0.2) is 15.3 Å². The van der Waals surface area contributed by atoms with E-state index in [2.05, 4.69) is 4.98 Å². The third kappa shape index (κ3) is 2.16. The predicted molar refractivity (Wildman–Crippen MR) is 79.7 cm³/mol. The quantitative estimate of drug-likeness (QED) is 0.585. The van der Waals surface area contributed by atoms with E-state index in [1.165, 1.54) is 0 Å². The second-order valence-corrected chi connectivity index (χ2v) is 4.78. The van der Waals surface area contributed by atoms with Gasteiger partial charge in [-0.3, -0.25) is 4.79 Å². The third-order valence-electron chi connectivity index (χ3n) is 3.38. The Balaban J connectivity index is 1.95. The Bertz CT molecular complexity index is 772. The average molecular weight is 265 g/mol. The number of para-hydroxylation sites is 2. The molecular weight excluding hydrogens is 250 g/mol. The number of Topliss-reactive ketones (excluding diaryl/α,β-unsaturated/α-hetero) is 1. The van der Waals surface area contributed by atoms with Crippen LogP contribution in [-0.2, 0) is 6.54 Å². The molecule has 1 heterocycles. The zero-order valence-electron chi connectivity index (χ0n) is 11.2. The first-order chi connectivity index (χ1) is 9.65. The first-order valence-corrected chi connectivity index (χ1v) is 6.46. The van der Waals surface area contributed by atoms with Crippen LogP contribution in [0.4, 0.5) is 5.69 Å². The zero-order chi connectivity index (χ0) is 14.1. The number of hydrogen-bond donors (Lipinski definition) is 1. The standard InChI is InChI=1S/C16H15N3O/c1-11-18-14-4-2-3-5-15(14)19(11)10-16(20)12-6-8-13(17)9-7-12/h2-9H,10,17H2,1H3. The van der Waals surface area contributed by atoms with Crippen molar-refractivity contribution in [3.05, 3.63) is 59.9 Å². The minimum absolute atomic E-state index is 0.0521. The lowest BCUT2D eigenvalue weighted by Gasteiger charge is -2.06. The van der Waals surface area contributed by atoms with Crippen molar-refractivity contribution in [1.82, 2.24) is 9.55 Å². The summed E-state index contributed by atoms with van der Waals surface area (Å²) in [6.45, 7) is 2.20. The summed E-state index contributed by atoms with van der Waals surface area (Å²) in [6.07, 6.45) is 0. The Kier molecular flexibility index (Phi) is 2.99. The normalized spacial score (nSPS) is 10.8. The van der Waals surface area contributed by atoms with Crippen molar-refractivity contribution in [1.29, 1.82) is 0 Å². The Labute approximate surface area is 116 Å². The van der Waals surface area contributed by atoms with E-state index in [4.69, 9.17) is 5.73 Å². The summed E-state index contributed by atoms with van der Waals surface area (Å²) in [5.41, 5.74) is 8.85. The number of anilines is 1. The van der Waals surface area contributed by atoms with Crippen LogP contribution < -0.4 is 5.73 Å². The van der Waals surface area contributed by atoms with Gasteiger partial charge in [0, 0.05) is 11.3 Å². The van der Waals surface area contributed by atoms with Crippen LogP contribution in [0.25, 0.3) is 11.0 Å². The lowest BCUT2D eigenvalue weighted by molar-refractivity contribution is 0.0972. The number of aromatic nitrogens is 2. The Hall–Kier alpha value is -2.62. The number of carbonyl (C=O) groups excluding carboxylic acids is 1. The summed E-state index contributed by atoms with van der Waals surface area (Å²) in [5, 5.41) is 0. The second-order valence-electron chi connectivity index (χ2n) is 4.78. The molecule has 2 aromatic carbocycles. The van der Waals surface area contributed by atoms with Gasteiger partial charge < -0.3 is 10.3 Å². The van der Waals surface area contributed by atoms with E-state index in [0.717, 1.165) is 16.9 Å². The highest BCUT2D eigenvalue weighted by atomic mass is 16.1. The number of nitrogens with zero attached hydrogens (tertiary/aromatic N) is 2. The molecular formula is C16H15N3O. The molecule has 4 nitrogen and oxygen atoms in total. The van der Waals surface area contributed by atoms with Crippen molar-refractivity contribution in [3.8, 4) is 0 Å². The molecule has 0 aliphatic carbocycles. The van der Waals surface area contributed by atoms with Gasteiger partial charge in [0.05, 0.1) is 17.6 Å². The molecule has 3 aromatic rings. The van der Waals surface area contributed by atoms with Gasteiger partial charge in [0.1, 0.15) is 5.82 Å². The van der Waals surface area contributed by atoms with Gasteiger partial charge in [0.25, 0.3) is 0 Å². The molecule has 0 bridgehead atoms. The van der Waals surface area contributed by atoms with Crippen LogP contribution in [0, 0.1) is 6.92 Å². The molecule has 0 aliphatic heterocycles. The van der Waals surface area contributed by atoms with Crippen LogP contribution >= 0.6 is 0 Å². The highest BCUT2D eigenvalue weighted by Crippen LogP contribution is 2.16. The number of carbonyl (C=O) groups is 1. The van der Waals surface area contributed by atoms with Crippen LogP contribution in [0.1, 0.15) is 16.2 Å². The number of hydrogen-bond acceptors (Lipinski definition) is 3. The fourth-order valence-corrected chi connectivity index (χ4v) is 2.30. The van der Waals surface area contributed by atoms with Crippen molar-refractivity contribution >= 4 is 22.5 Å². The molecule has 3 rings (SSSR count). The van der Waals surface area contributed by atoms with Gasteiger partial charge >= 0.3 is 0 Å². The number of nitrogen functional groups attached to an aromatic ring is 1. The monoisotopic (exact) mass is 265 g/mol. The maximum absolute atomic E-state index is 12.3. The lowest BCUT2D eigenvalue weighted by atomic mass is 10.1. The number of fused-ring (bicyclic) bond motifs is 1. The van der Waals surface area contributed by atoms with E-state index in [0.29, 0.717) is 11.3 Å². The van der Waals surface area contributed by atoms with Crippen molar-refractivity contribution in [2.24, 2.45) is 0 Å².